The standard InChI is InChI=1S/C17H18N2O5/c1-11-6-12(2)8-13(7-11)16(21)24-10-15(20)19-17(22)18-9-14-4-3-5-23-14/h3-8H,9-10H2,1-2H3,(H2,18,19,20,22). The predicted molar refractivity (Wildman–Crippen MR) is 85.3 cm³/mol. The van der Waals surface area contributed by atoms with Crippen molar-refractivity contribution in [3.8, 4) is 0 Å². The van der Waals surface area contributed by atoms with E-state index in [0.717, 1.165) is 11.1 Å². The number of urea groups is 1. The van der Waals surface area contributed by atoms with Crippen LogP contribution in [0.15, 0.2) is 41.0 Å². The summed E-state index contributed by atoms with van der Waals surface area (Å²) in [5, 5.41) is 4.51. The molecule has 0 aliphatic carbocycles. The summed E-state index contributed by atoms with van der Waals surface area (Å²) in [5.41, 5.74) is 2.20. The number of esters is 1. The molecular weight excluding hydrogens is 312 g/mol. The summed E-state index contributed by atoms with van der Waals surface area (Å²) in [7, 11) is 0. The summed E-state index contributed by atoms with van der Waals surface area (Å²) in [6.07, 6.45) is 1.48. The van der Waals surface area contributed by atoms with Gasteiger partial charge in [0, 0.05) is 0 Å². The first-order valence-electron chi connectivity index (χ1n) is 7.29. The molecule has 1 heterocycles. The zero-order chi connectivity index (χ0) is 17.5. The van der Waals surface area contributed by atoms with Gasteiger partial charge in [0.05, 0.1) is 18.4 Å². The van der Waals surface area contributed by atoms with Gasteiger partial charge in [-0.15, -0.1) is 0 Å². The summed E-state index contributed by atoms with van der Waals surface area (Å²) in [6, 6.07) is 7.94. The van der Waals surface area contributed by atoms with Gasteiger partial charge in [-0.3, -0.25) is 10.1 Å². The highest BCUT2D eigenvalue weighted by Gasteiger charge is 2.13. The molecule has 2 rings (SSSR count). The number of hydrogen-bond donors (Lipinski definition) is 2. The third-order valence-corrected chi connectivity index (χ3v) is 3.05. The van der Waals surface area contributed by atoms with E-state index < -0.39 is 24.5 Å². The molecule has 126 valence electrons. The molecule has 2 N–H and O–H groups in total. The number of amides is 3. The number of aryl methyl sites for hydroxylation is 2. The van der Waals surface area contributed by atoms with Gasteiger partial charge in [0.25, 0.3) is 5.91 Å². The second-order valence-electron chi connectivity index (χ2n) is 5.26. The molecule has 0 aliphatic heterocycles. The molecule has 0 saturated carbocycles. The van der Waals surface area contributed by atoms with Gasteiger partial charge in [-0.2, -0.15) is 0 Å². The van der Waals surface area contributed by atoms with E-state index in [1.165, 1.54) is 6.26 Å². The summed E-state index contributed by atoms with van der Waals surface area (Å²) in [5.74, 6) is -0.781. The Kier molecular flexibility index (Phi) is 5.73. The van der Waals surface area contributed by atoms with E-state index in [4.69, 9.17) is 9.15 Å². The van der Waals surface area contributed by atoms with Crippen molar-refractivity contribution in [2.24, 2.45) is 0 Å². The van der Waals surface area contributed by atoms with E-state index in [0.29, 0.717) is 11.3 Å². The van der Waals surface area contributed by atoms with Crippen LogP contribution in [0.2, 0.25) is 0 Å². The lowest BCUT2D eigenvalue weighted by Gasteiger charge is -2.07. The van der Waals surface area contributed by atoms with Crippen molar-refractivity contribution in [1.29, 1.82) is 0 Å². The minimum atomic E-state index is -0.718. The van der Waals surface area contributed by atoms with Gasteiger partial charge in [-0.1, -0.05) is 17.2 Å². The second-order valence-corrected chi connectivity index (χ2v) is 5.26. The fraction of sp³-hybridized carbons (Fsp3) is 0.235. The van der Waals surface area contributed by atoms with Crippen molar-refractivity contribution in [2.45, 2.75) is 20.4 Å². The molecule has 0 fully saturated rings. The first kappa shape index (κ1) is 17.3. The lowest BCUT2D eigenvalue weighted by Crippen LogP contribution is -2.41. The highest BCUT2D eigenvalue weighted by molar-refractivity contribution is 5.97. The van der Waals surface area contributed by atoms with Gasteiger partial charge in [-0.05, 0) is 38.1 Å². The van der Waals surface area contributed by atoms with Gasteiger partial charge in [0.2, 0.25) is 0 Å². The maximum atomic E-state index is 11.9. The Hall–Kier alpha value is -3.09. The molecule has 0 unspecified atom stereocenters. The Balaban J connectivity index is 1.75. The summed E-state index contributed by atoms with van der Waals surface area (Å²) in [6.45, 7) is 3.33. The lowest BCUT2D eigenvalue weighted by molar-refractivity contribution is -0.123. The number of carbonyl (C=O) groups excluding carboxylic acids is 3. The van der Waals surface area contributed by atoms with Gasteiger partial charge < -0.3 is 14.5 Å². The molecule has 0 bridgehead atoms. The molecule has 0 radical (unpaired) electrons. The summed E-state index contributed by atoms with van der Waals surface area (Å²) >= 11 is 0. The third-order valence-electron chi connectivity index (χ3n) is 3.05. The average Bonchev–Trinajstić information content (AvgIpc) is 3.03. The van der Waals surface area contributed by atoms with Crippen molar-refractivity contribution in [1.82, 2.24) is 10.6 Å². The average molecular weight is 330 g/mol. The number of furan rings is 1. The van der Waals surface area contributed by atoms with E-state index in [1.54, 1.807) is 24.3 Å². The van der Waals surface area contributed by atoms with Gasteiger partial charge >= 0.3 is 12.0 Å². The van der Waals surface area contributed by atoms with Gasteiger partial charge in [0.1, 0.15) is 5.76 Å². The monoisotopic (exact) mass is 330 g/mol. The predicted octanol–water partition coefficient (Wildman–Crippen LogP) is 2.08. The lowest BCUT2D eigenvalue weighted by atomic mass is 10.1. The Bertz CT molecular complexity index is 717. The first-order chi connectivity index (χ1) is 11.4. The van der Waals surface area contributed by atoms with Crippen LogP contribution in [-0.2, 0) is 16.1 Å². The Morgan fingerprint density at radius 2 is 1.83 bits per heavy atom. The van der Waals surface area contributed by atoms with Crippen LogP contribution < -0.4 is 10.6 Å². The van der Waals surface area contributed by atoms with E-state index in [9.17, 15) is 14.4 Å². The van der Waals surface area contributed by atoms with Crippen molar-refractivity contribution in [3.05, 3.63) is 59.0 Å². The molecule has 7 nitrogen and oxygen atoms in total. The molecular formula is C17H18N2O5. The minimum Gasteiger partial charge on any atom is -0.467 e. The zero-order valence-electron chi connectivity index (χ0n) is 13.4. The molecule has 0 spiro atoms. The van der Waals surface area contributed by atoms with Gasteiger partial charge in [-0.25, -0.2) is 9.59 Å². The highest BCUT2D eigenvalue weighted by Crippen LogP contribution is 2.10. The summed E-state index contributed by atoms with van der Waals surface area (Å²) < 4.78 is 9.94. The Labute approximate surface area is 139 Å². The van der Waals surface area contributed by atoms with Crippen molar-refractivity contribution in [2.75, 3.05) is 6.61 Å². The quantitative estimate of drug-likeness (QED) is 0.818. The molecule has 3 amide bonds. The SMILES string of the molecule is Cc1cc(C)cc(C(=O)OCC(=O)NC(=O)NCc2ccco2)c1. The minimum absolute atomic E-state index is 0.147. The molecule has 1 aromatic heterocycles. The van der Waals surface area contributed by atoms with Crippen molar-refractivity contribution in [3.63, 3.8) is 0 Å². The van der Waals surface area contributed by atoms with Crippen LogP contribution in [0.3, 0.4) is 0 Å². The number of nitrogens with one attached hydrogen (secondary N) is 2. The van der Waals surface area contributed by atoms with Crippen LogP contribution in [0.5, 0.6) is 0 Å². The van der Waals surface area contributed by atoms with Crippen LogP contribution in [0.1, 0.15) is 27.2 Å². The molecule has 24 heavy (non-hydrogen) atoms. The normalized spacial score (nSPS) is 10.1. The number of rotatable bonds is 5. The van der Waals surface area contributed by atoms with Crippen LogP contribution in [-0.4, -0.2) is 24.5 Å². The van der Waals surface area contributed by atoms with E-state index in [1.807, 2.05) is 19.9 Å². The molecule has 0 saturated heterocycles. The third kappa shape index (κ3) is 5.28. The summed E-state index contributed by atoms with van der Waals surface area (Å²) in [4.78, 5) is 35.0. The molecule has 0 aliphatic rings. The molecule has 0 atom stereocenters. The topological polar surface area (TPSA) is 97.6 Å². The number of hydrogen-bond acceptors (Lipinski definition) is 5. The Morgan fingerprint density at radius 1 is 1.12 bits per heavy atom. The van der Waals surface area contributed by atoms with E-state index in [2.05, 4.69) is 10.6 Å². The van der Waals surface area contributed by atoms with E-state index in [-0.39, 0.29) is 6.54 Å². The maximum Gasteiger partial charge on any atom is 0.338 e. The molecule has 2 aromatic rings. The van der Waals surface area contributed by atoms with Crippen LogP contribution in [0.25, 0.3) is 0 Å². The fourth-order valence-corrected chi connectivity index (χ4v) is 2.09. The van der Waals surface area contributed by atoms with Crippen molar-refractivity contribution < 1.29 is 23.5 Å². The van der Waals surface area contributed by atoms with Crippen molar-refractivity contribution >= 4 is 17.9 Å². The number of benzene rings is 1. The largest absolute Gasteiger partial charge is 0.467 e. The zero-order valence-corrected chi connectivity index (χ0v) is 13.4. The Morgan fingerprint density at radius 3 is 2.46 bits per heavy atom. The fourth-order valence-electron chi connectivity index (χ4n) is 2.09. The number of ether oxygens (including phenoxy) is 1. The smallest absolute Gasteiger partial charge is 0.338 e. The number of carbonyl (C=O) groups is 3. The highest BCUT2D eigenvalue weighted by atomic mass is 16.5. The van der Waals surface area contributed by atoms with Crippen LogP contribution in [0.4, 0.5) is 4.79 Å². The number of imide groups is 1. The molecule has 1 aromatic carbocycles. The maximum absolute atomic E-state index is 11.9. The second kappa shape index (κ2) is 7.96. The van der Waals surface area contributed by atoms with E-state index >= 15 is 0 Å². The van der Waals surface area contributed by atoms with Crippen LogP contribution >= 0.6 is 0 Å². The molecule has 7 heteroatoms. The first-order valence-corrected chi connectivity index (χ1v) is 7.29. The van der Waals surface area contributed by atoms with Crippen LogP contribution in [0, 0.1) is 13.8 Å². The van der Waals surface area contributed by atoms with Gasteiger partial charge in [0.15, 0.2) is 6.61 Å².